The Kier molecular flexibility index (Phi) is 7.07. The third kappa shape index (κ3) is 5.48. The van der Waals surface area contributed by atoms with Gasteiger partial charge in [0.25, 0.3) is 0 Å². The molecule has 0 aliphatic rings. The fraction of sp³-hybridized carbons (Fsp3) is 0.278. The normalized spacial score (nSPS) is 12.4. The Balaban J connectivity index is 1.94. The van der Waals surface area contributed by atoms with Crippen molar-refractivity contribution < 1.29 is 22.7 Å². The molecule has 0 saturated heterocycles. The van der Waals surface area contributed by atoms with E-state index < -0.39 is 22.0 Å². The Morgan fingerprint density at radius 1 is 1.12 bits per heavy atom. The number of ether oxygens (including phenoxy) is 2. The highest BCUT2D eigenvalue weighted by Gasteiger charge is 2.23. The standard InChI is InChI=1S/C18H21NO5S2/c1-13(18(20)24-12-14-4-8-16(25-3)9-5-14)19-26(21,22)17-10-6-15(23-2)7-11-17/h4-11,13,19H,12H2,1-3H3/t13-/m0/s1. The second kappa shape index (κ2) is 9.07. The Morgan fingerprint density at radius 3 is 2.27 bits per heavy atom. The summed E-state index contributed by atoms with van der Waals surface area (Å²) < 4.78 is 37.2. The Hall–Kier alpha value is -2.03. The molecular weight excluding hydrogens is 374 g/mol. The molecule has 0 aliphatic heterocycles. The van der Waals surface area contributed by atoms with Crippen LogP contribution in [0.5, 0.6) is 5.75 Å². The number of carbonyl (C=O) groups excluding carboxylic acids is 1. The molecule has 2 aromatic rings. The molecule has 1 atom stereocenters. The molecule has 1 N–H and O–H groups in total. The second-order valence-electron chi connectivity index (χ2n) is 5.47. The summed E-state index contributed by atoms with van der Waals surface area (Å²) in [6.45, 7) is 1.53. The zero-order chi connectivity index (χ0) is 19.2. The molecule has 0 aromatic heterocycles. The topological polar surface area (TPSA) is 81.7 Å². The third-order valence-electron chi connectivity index (χ3n) is 3.60. The van der Waals surface area contributed by atoms with Crippen LogP contribution in [0.2, 0.25) is 0 Å². The number of hydrogen-bond donors (Lipinski definition) is 1. The summed E-state index contributed by atoms with van der Waals surface area (Å²) in [7, 11) is -2.34. The largest absolute Gasteiger partial charge is 0.497 e. The van der Waals surface area contributed by atoms with Gasteiger partial charge in [-0.2, -0.15) is 4.72 Å². The van der Waals surface area contributed by atoms with Crippen LogP contribution in [0.25, 0.3) is 0 Å². The summed E-state index contributed by atoms with van der Waals surface area (Å²) in [5.41, 5.74) is 0.835. The van der Waals surface area contributed by atoms with Crippen LogP contribution in [0.1, 0.15) is 12.5 Å². The van der Waals surface area contributed by atoms with Gasteiger partial charge in [-0.25, -0.2) is 8.42 Å². The number of benzene rings is 2. The SMILES string of the molecule is COc1ccc(S(=O)(=O)N[C@@H](C)C(=O)OCc2ccc(SC)cc2)cc1. The predicted molar refractivity (Wildman–Crippen MR) is 101 cm³/mol. The van der Waals surface area contributed by atoms with Crippen molar-refractivity contribution in [2.75, 3.05) is 13.4 Å². The molecule has 8 heteroatoms. The lowest BCUT2D eigenvalue weighted by atomic mass is 10.2. The maximum atomic E-state index is 12.3. The number of hydrogen-bond acceptors (Lipinski definition) is 6. The third-order valence-corrected chi connectivity index (χ3v) is 5.90. The summed E-state index contributed by atoms with van der Waals surface area (Å²) in [5, 5.41) is 0. The highest BCUT2D eigenvalue weighted by molar-refractivity contribution is 7.98. The fourth-order valence-electron chi connectivity index (χ4n) is 2.10. The Bertz CT molecular complexity index is 833. The predicted octanol–water partition coefficient (Wildman–Crippen LogP) is 2.83. The number of carbonyl (C=O) groups is 1. The van der Waals surface area contributed by atoms with E-state index in [1.54, 1.807) is 11.8 Å². The van der Waals surface area contributed by atoms with E-state index in [1.807, 2.05) is 30.5 Å². The highest BCUT2D eigenvalue weighted by Crippen LogP contribution is 2.17. The van der Waals surface area contributed by atoms with Crippen molar-refractivity contribution in [1.82, 2.24) is 4.72 Å². The molecule has 2 aromatic carbocycles. The summed E-state index contributed by atoms with van der Waals surface area (Å²) in [6.07, 6.45) is 1.98. The number of sulfonamides is 1. The van der Waals surface area contributed by atoms with Crippen molar-refractivity contribution in [3.63, 3.8) is 0 Å². The van der Waals surface area contributed by atoms with Gasteiger partial charge in [-0.05, 0) is 55.1 Å². The number of esters is 1. The van der Waals surface area contributed by atoms with Gasteiger partial charge >= 0.3 is 5.97 Å². The van der Waals surface area contributed by atoms with E-state index in [4.69, 9.17) is 9.47 Å². The summed E-state index contributed by atoms with van der Waals surface area (Å²) in [4.78, 5) is 13.2. The Labute approximate surface area is 158 Å². The van der Waals surface area contributed by atoms with Gasteiger partial charge in [0.15, 0.2) is 0 Å². The first kappa shape index (κ1) is 20.3. The first-order valence-electron chi connectivity index (χ1n) is 7.81. The van der Waals surface area contributed by atoms with Crippen molar-refractivity contribution >= 4 is 27.8 Å². The lowest BCUT2D eigenvalue weighted by molar-refractivity contribution is -0.146. The average Bonchev–Trinajstić information content (AvgIpc) is 2.66. The first-order chi connectivity index (χ1) is 12.4. The van der Waals surface area contributed by atoms with Gasteiger partial charge in [0.05, 0.1) is 12.0 Å². The van der Waals surface area contributed by atoms with Crippen molar-refractivity contribution in [3.05, 3.63) is 54.1 Å². The minimum atomic E-state index is -3.83. The maximum Gasteiger partial charge on any atom is 0.324 e. The van der Waals surface area contributed by atoms with Gasteiger partial charge in [0.2, 0.25) is 10.0 Å². The quantitative estimate of drug-likeness (QED) is 0.547. The van der Waals surface area contributed by atoms with Crippen LogP contribution >= 0.6 is 11.8 Å². The molecule has 0 amide bonds. The van der Waals surface area contributed by atoms with Crippen LogP contribution in [0, 0.1) is 0 Å². The monoisotopic (exact) mass is 395 g/mol. The molecule has 26 heavy (non-hydrogen) atoms. The van der Waals surface area contributed by atoms with E-state index in [0.29, 0.717) is 5.75 Å². The molecule has 0 aliphatic carbocycles. The lowest BCUT2D eigenvalue weighted by Gasteiger charge is -2.14. The van der Waals surface area contributed by atoms with Crippen LogP contribution in [0.4, 0.5) is 0 Å². The van der Waals surface area contributed by atoms with Gasteiger partial charge in [0.1, 0.15) is 18.4 Å². The molecule has 0 bridgehead atoms. The van der Waals surface area contributed by atoms with Gasteiger partial charge in [-0.3, -0.25) is 4.79 Å². The van der Waals surface area contributed by atoms with Crippen LogP contribution in [-0.4, -0.2) is 33.8 Å². The molecule has 140 valence electrons. The van der Waals surface area contributed by atoms with Gasteiger partial charge in [0, 0.05) is 4.90 Å². The molecular formula is C18H21NO5S2. The number of thioether (sulfide) groups is 1. The van der Waals surface area contributed by atoms with E-state index >= 15 is 0 Å². The summed E-state index contributed by atoms with van der Waals surface area (Å²) in [5.74, 6) is -0.0973. The molecule has 0 unspecified atom stereocenters. The average molecular weight is 396 g/mol. The molecule has 2 rings (SSSR count). The number of methoxy groups -OCH3 is 1. The van der Waals surface area contributed by atoms with E-state index in [0.717, 1.165) is 10.5 Å². The van der Waals surface area contributed by atoms with E-state index in [-0.39, 0.29) is 11.5 Å². The van der Waals surface area contributed by atoms with Crippen LogP contribution in [0.15, 0.2) is 58.3 Å². The van der Waals surface area contributed by atoms with Gasteiger partial charge < -0.3 is 9.47 Å². The molecule has 0 saturated carbocycles. The van der Waals surface area contributed by atoms with Crippen molar-refractivity contribution in [1.29, 1.82) is 0 Å². The van der Waals surface area contributed by atoms with E-state index in [2.05, 4.69) is 4.72 Å². The van der Waals surface area contributed by atoms with Gasteiger partial charge in [-0.15, -0.1) is 11.8 Å². The molecule has 0 heterocycles. The molecule has 0 fully saturated rings. The van der Waals surface area contributed by atoms with Crippen molar-refractivity contribution in [2.45, 2.75) is 29.4 Å². The summed E-state index contributed by atoms with van der Waals surface area (Å²) >= 11 is 1.62. The second-order valence-corrected chi connectivity index (χ2v) is 8.07. The van der Waals surface area contributed by atoms with E-state index in [1.165, 1.54) is 38.3 Å². The first-order valence-corrected chi connectivity index (χ1v) is 10.5. The lowest BCUT2D eigenvalue weighted by Crippen LogP contribution is -2.39. The van der Waals surface area contributed by atoms with Crippen LogP contribution in [-0.2, 0) is 26.2 Å². The van der Waals surface area contributed by atoms with Crippen molar-refractivity contribution in [2.24, 2.45) is 0 Å². The molecule has 0 radical (unpaired) electrons. The van der Waals surface area contributed by atoms with Crippen LogP contribution < -0.4 is 9.46 Å². The Morgan fingerprint density at radius 2 is 1.73 bits per heavy atom. The van der Waals surface area contributed by atoms with E-state index in [9.17, 15) is 13.2 Å². The zero-order valence-electron chi connectivity index (χ0n) is 14.8. The van der Waals surface area contributed by atoms with Gasteiger partial charge in [-0.1, -0.05) is 12.1 Å². The highest BCUT2D eigenvalue weighted by atomic mass is 32.2. The smallest absolute Gasteiger partial charge is 0.324 e. The minimum absolute atomic E-state index is 0.0469. The maximum absolute atomic E-state index is 12.3. The molecule has 0 spiro atoms. The zero-order valence-corrected chi connectivity index (χ0v) is 16.4. The van der Waals surface area contributed by atoms with Crippen molar-refractivity contribution in [3.8, 4) is 5.75 Å². The number of nitrogens with one attached hydrogen (secondary N) is 1. The molecule has 6 nitrogen and oxygen atoms in total. The number of rotatable bonds is 8. The summed E-state index contributed by atoms with van der Waals surface area (Å²) in [6, 6.07) is 12.5. The van der Waals surface area contributed by atoms with Crippen LogP contribution in [0.3, 0.4) is 0 Å². The minimum Gasteiger partial charge on any atom is -0.497 e. The fourth-order valence-corrected chi connectivity index (χ4v) is 3.71.